The van der Waals surface area contributed by atoms with E-state index in [4.69, 9.17) is 14.5 Å². The van der Waals surface area contributed by atoms with Gasteiger partial charge in [0.25, 0.3) is 0 Å². The van der Waals surface area contributed by atoms with E-state index in [0.29, 0.717) is 30.8 Å². The van der Waals surface area contributed by atoms with Crippen molar-refractivity contribution in [3.8, 4) is 5.75 Å². The van der Waals surface area contributed by atoms with Crippen molar-refractivity contribution in [1.29, 1.82) is 0 Å². The van der Waals surface area contributed by atoms with Gasteiger partial charge in [0.05, 0.1) is 34.9 Å². The fourth-order valence-electron chi connectivity index (χ4n) is 4.65. The summed E-state index contributed by atoms with van der Waals surface area (Å²) >= 11 is 3.57. The van der Waals surface area contributed by atoms with Gasteiger partial charge in [-0.05, 0) is 53.4 Å². The molecule has 0 spiro atoms. The topological polar surface area (TPSA) is 93.7 Å². The molecule has 0 aliphatic carbocycles. The molecule has 1 fully saturated rings. The smallest absolute Gasteiger partial charge is 0.241 e. The number of benzene rings is 2. The molecule has 39 heavy (non-hydrogen) atoms. The summed E-state index contributed by atoms with van der Waals surface area (Å²) in [4.78, 5) is 12.0. The molecular weight excluding hydrogens is 580 g/mol. The number of ether oxygens (including phenoxy) is 2. The summed E-state index contributed by atoms with van der Waals surface area (Å²) in [6.45, 7) is 9.65. The van der Waals surface area contributed by atoms with Gasteiger partial charge in [-0.25, -0.2) is 23.1 Å². The van der Waals surface area contributed by atoms with Crippen LogP contribution < -0.4 is 14.4 Å². The maximum atomic E-state index is 13.2. The van der Waals surface area contributed by atoms with Gasteiger partial charge < -0.3 is 14.4 Å². The summed E-state index contributed by atoms with van der Waals surface area (Å²) < 4.78 is 41.5. The molecule has 2 heterocycles. The fourth-order valence-corrected chi connectivity index (χ4v) is 6.62. The van der Waals surface area contributed by atoms with Crippen molar-refractivity contribution in [2.75, 3.05) is 37.8 Å². The van der Waals surface area contributed by atoms with Crippen LogP contribution in [0.3, 0.4) is 0 Å². The second-order valence-electron chi connectivity index (χ2n) is 9.50. The highest BCUT2D eigenvalue weighted by molar-refractivity contribution is 9.10. The Hall–Kier alpha value is -2.53. The first-order valence-electron chi connectivity index (χ1n) is 13.5. The monoisotopic (exact) mass is 616 g/mol. The first-order chi connectivity index (χ1) is 18.8. The highest BCUT2D eigenvalue weighted by Gasteiger charge is 2.22. The normalized spacial score (nSPS) is 14.1. The number of hydrogen-bond acceptors (Lipinski definition) is 7. The van der Waals surface area contributed by atoms with Gasteiger partial charge in [0.2, 0.25) is 10.0 Å². The number of anilines is 1. The van der Waals surface area contributed by atoms with Crippen molar-refractivity contribution in [2.24, 2.45) is 0 Å². The van der Waals surface area contributed by atoms with Gasteiger partial charge in [0.15, 0.2) is 0 Å². The molecule has 1 aliphatic rings. The quantitative estimate of drug-likeness (QED) is 0.302. The average molecular weight is 618 g/mol. The van der Waals surface area contributed by atoms with Gasteiger partial charge in [-0.3, -0.25) is 0 Å². The van der Waals surface area contributed by atoms with E-state index in [9.17, 15) is 8.42 Å². The van der Waals surface area contributed by atoms with Crippen LogP contribution in [0, 0.1) is 0 Å². The molecule has 3 aromatic rings. The standard InChI is InChI=1S/C29H37BrN4O4S/c1-4-23(5-2)33-39(35,36)28-10-8-7-9-22(28)17-26-25(30)20-31-29(32-26)18-21-11-12-24(19-27(21)38-6-3)34-13-15-37-16-14-34/h7-12,19-20,23,33H,4-6,13-18H2,1-3H3. The Balaban J connectivity index is 1.58. The van der Waals surface area contributed by atoms with Crippen LogP contribution >= 0.6 is 15.9 Å². The lowest BCUT2D eigenvalue weighted by Gasteiger charge is -2.29. The number of sulfonamides is 1. The summed E-state index contributed by atoms with van der Waals surface area (Å²) in [5.41, 5.74) is 3.53. The number of nitrogens with zero attached hydrogens (tertiary/aromatic N) is 3. The lowest BCUT2D eigenvalue weighted by Crippen LogP contribution is -2.36. The Morgan fingerprint density at radius 1 is 1.05 bits per heavy atom. The SMILES string of the molecule is CCOc1cc(N2CCOCC2)ccc1Cc1ncc(Br)c(Cc2ccccc2S(=O)(=O)NC(CC)CC)n1. The van der Waals surface area contributed by atoms with E-state index in [1.165, 1.54) is 0 Å². The van der Waals surface area contributed by atoms with Gasteiger partial charge >= 0.3 is 0 Å². The van der Waals surface area contributed by atoms with Crippen LogP contribution in [-0.2, 0) is 27.6 Å². The van der Waals surface area contributed by atoms with Gasteiger partial charge in [0, 0.05) is 55.5 Å². The summed E-state index contributed by atoms with van der Waals surface area (Å²) in [7, 11) is -3.67. The zero-order valence-electron chi connectivity index (χ0n) is 22.8. The molecule has 1 saturated heterocycles. The van der Waals surface area contributed by atoms with Crippen molar-refractivity contribution in [2.45, 2.75) is 57.4 Å². The summed E-state index contributed by atoms with van der Waals surface area (Å²) in [6, 6.07) is 13.3. The first kappa shape index (κ1) is 29.5. The van der Waals surface area contributed by atoms with E-state index in [2.05, 4.69) is 48.7 Å². The number of nitrogens with one attached hydrogen (secondary N) is 1. The molecule has 1 aliphatic heterocycles. The molecule has 0 bridgehead atoms. The second kappa shape index (κ2) is 13.7. The highest BCUT2D eigenvalue weighted by Crippen LogP contribution is 2.29. The predicted molar refractivity (Wildman–Crippen MR) is 157 cm³/mol. The fraction of sp³-hybridized carbons (Fsp3) is 0.448. The van der Waals surface area contributed by atoms with Crippen molar-refractivity contribution < 1.29 is 17.9 Å². The first-order valence-corrected chi connectivity index (χ1v) is 15.8. The summed E-state index contributed by atoms with van der Waals surface area (Å²) in [5, 5.41) is 0. The molecule has 0 amide bonds. The van der Waals surface area contributed by atoms with E-state index >= 15 is 0 Å². The maximum Gasteiger partial charge on any atom is 0.241 e. The third-order valence-corrected chi connectivity index (χ3v) is 9.15. The summed E-state index contributed by atoms with van der Waals surface area (Å²) in [5.74, 6) is 1.46. The van der Waals surface area contributed by atoms with Crippen molar-refractivity contribution in [3.63, 3.8) is 0 Å². The molecule has 0 radical (unpaired) electrons. The zero-order chi connectivity index (χ0) is 27.8. The molecule has 1 N–H and O–H groups in total. The molecule has 10 heteroatoms. The van der Waals surface area contributed by atoms with Gasteiger partial charge in [-0.2, -0.15) is 0 Å². The predicted octanol–water partition coefficient (Wildman–Crippen LogP) is 5.12. The maximum absolute atomic E-state index is 13.2. The van der Waals surface area contributed by atoms with E-state index in [1.54, 1.807) is 18.3 Å². The molecular formula is C29H37BrN4O4S. The Bertz CT molecular complexity index is 1360. The minimum Gasteiger partial charge on any atom is -0.494 e. The number of morpholine rings is 1. The van der Waals surface area contributed by atoms with Crippen LogP contribution in [0.25, 0.3) is 0 Å². The Labute approximate surface area is 240 Å². The number of hydrogen-bond donors (Lipinski definition) is 1. The lowest BCUT2D eigenvalue weighted by atomic mass is 10.1. The molecule has 4 rings (SSSR count). The minimum atomic E-state index is -3.67. The minimum absolute atomic E-state index is 0.102. The number of rotatable bonds is 12. The third kappa shape index (κ3) is 7.57. The third-order valence-electron chi connectivity index (χ3n) is 6.87. The number of halogens is 1. The van der Waals surface area contributed by atoms with Crippen LogP contribution in [0.2, 0.25) is 0 Å². The molecule has 0 atom stereocenters. The van der Waals surface area contributed by atoms with Crippen molar-refractivity contribution in [1.82, 2.24) is 14.7 Å². The van der Waals surface area contributed by atoms with Crippen LogP contribution in [0.4, 0.5) is 5.69 Å². The molecule has 0 unspecified atom stereocenters. The van der Waals surface area contributed by atoms with Gasteiger partial charge in [0.1, 0.15) is 11.6 Å². The highest BCUT2D eigenvalue weighted by atomic mass is 79.9. The van der Waals surface area contributed by atoms with Crippen LogP contribution in [0.15, 0.2) is 58.0 Å². The van der Waals surface area contributed by atoms with Crippen LogP contribution in [0.1, 0.15) is 56.3 Å². The Morgan fingerprint density at radius 3 is 2.51 bits per heavy atom. The molecule has 8 nitrogen and oxygen atoms in total. The molecule has 1 aromatic heterocycles. The van der Waals surface area contributed by atoms with Crippen molar-refractivity contribution >= 4 is 31.6 Å². The zero-order valence-corrected chi connectivity index (χ0v) is 25.2. The lowest BCUT2D eigenvalue weighted by molar-refractivity contribution is 0.122. The Morgan fingerprint density at radius 2 is 1.79 bits per heavy atom. The largest absolute Gasteiger partial charge is 0.494 e. The van der Waals surface area contributed by atoms with Crippen LogP contribution in [-0.4, -0.2) is 57.3 Å². The van der Waals surface area contributed by atoms with Gasteiger partial charge in [-0.15, -0.1) is 0 Å². The van der Waals surface area contributed by atoms with Gasteiger partial charge in [-0.1, -0.05) is 38.1 Å². The second-order valence-corrected chi connectivity index (χ2v) is 12.0. The van der Waals surface area contributed by atoms with E-state index < -0.39 is 10.0 Å². The Kier molecular flexibility index (Phi) is 10.3. The molecule has 210 valence electrons. The van der Waals surface area contributed by atoms with E-state index in [1.807, 2.05) is 32.9 Å². The number of aromatic nitrogens is 2. The van der Waals surface area contributed by atoms with E-state index in [0.717, 1.165) is 66.3 Å². The van der Waals surface area contributed by atoms with Crippen molar-refractivity contribution in [3.05, 3.63) is 75.8 Å². The molecule has 0 saturated carbocycles. The summed E-state index contributed by atoms with van der Waals surface area (Å²) in [6.07, 6.45) is 4.05. The van der Waals surface area contributed by atoms with E-state index in [-0.39, 0.29) is 10.9 Å². The molecule has 2 aromatic carbocycles. The average Bonchev–Trinajstić information content (AvgIpc) is 2.95. The van der Waals surface area contributed by atoms with Crippen LogP contribution in [0.5, 0.6) is 5.75 Å².